The molecule has 1 unspecified atom stereocenters. The highest BCUT2D eigenvalue weighted by atomic mass is 16.5. The smallest absolute Gasteiger partial charge is 0.325 e. The number of carbonyl (C=O) groups excluding carboxylic acids is 2. The van der Waals surface area contributed by atoms with Crippen LogP contribution in [0.5, 0.6) is 5.75 Å². The molecule has 0 spiro atoms. The van der Waals surface area contributed by atoms with Gasteiger partial charge in [0.25, 0.3) is 0 Å². The summed E-state index contributed by atoms with van der Waals surface area (Å²) in [6.45, 7) is 2.00. The van der Waals surface area contributed by atoms with Gasteiger partial charge in [-0.15, -0.1) is 0 Å². The highest BCUT2D eigenvalue weighted by Gasteiger charge is 2.25. The van der Waals surface area contributed by atoms with E-state index in [0.29, 0.717) is 37.7 Å². The summed E-state index contributed by atoms with van der Waals surface area (Å²) in [7, 11) is 5.80. The van der Waals surface area contributed by atoms with Gasteiger partial charge >= 0.3 is 5.97 Å². The summed E-state index contributed by atoms with van der Waals surface area (Å²) in [5, 5.41) is 0. The maximum absolute atomic E-state index is 12.7. The Balaban J connectivity index is 1.25. The predicted molar refractivity (Wildman–Crippen MR) is 147 cm³/mol. The molecule has 0 bridgehead atoms. The molecule has 9 nitrogen and oxygen atoms in total. The third-order valence-corrected chi connectivity index (χ3v) is 6.96. The summed E-state index contributed by atoms with van der Waals surface area (Å²) in [5.74, 6) is 1.48. The highest BCUT2D eigenvalue weighted by molar-refractivity contribution is 5.87. The average molecular weight is 522 g/mol. The van der Waals surface area contributed by atoms with Crippen molar-refractivity contribution in [2.24, 2.45) is 16.6 Å². The zero-order valence-corrected chi connectivity index (χ0v) is 22.6. The molecule has 1 aliphatic heterocycles. The maximum atomic E-state index is 12.7. The van der Waals surface area contributed by atoms with Gasteiger partial charge in [-0.3, -0.25) is 14.5 Å². The zero-order chi connectivity index (χ0) is 27.1. The van der Waals surface area contributed by atoms with Crippen molar-refractivity contribution in [2.75, 3.05) is 47.4 Å². The fourth-order valence-electron chi connectivity index (χ4n) is 4.49. The molecule has 204 valence electrons. The first-order chi connectivity index (χ1) is 18.3. The lowest BCUT2D eigenvalue weighted by atomic mass is 10.1. The molecule has 1 amide bonds. The molecular weight excluding hydrogens is 482 g/mol. The van der Waals surface area contributed by atoms with Crippen LogP contribution in [0, 0.1) is 5.92 Å². The SMILES string of the molecule is CN(CC1CC1)C(=O)CCCOc1ccc2c(c1)CN(CC(=O)OCC(c1ccccc1)N(C)C)C(N)=N2. The number of fused-ring (bicyclic) bond motifs is 1. The Labute approximate surface area is 225 Å². The molecule has 0 aromatic heterocycles. The van der Waals surface area contributed by atoms with Crippen molar-refractivity contribution in [1.29, 1.82) is 0 Å². The van der Waals surface area contributed by atoms with Crippen LogP contribution in [-0.2, 0) is 20.9 Å². The van der Waals surface area contributed by atoms with E-state index in [1.807, 2.05) is 79.5 Å². The first-order valence-corrected chi connectivity index (χ1v) is 13.3. The standard InChI is InChI=1S/C29H39N5O4/c1-32(2)26(22-8-5-4-6-9-22)20-38-28(36)19-34-18-23-16-24(13-14-25(23)31-29(34)30)37-15-7-10-27(35)33(3)17-21-11-12-21/h4-6,8-9,13-14,16,21,26H,7,10-12,15,17-20H2,1-3H3,(H2,30,31). The molecule has 38 heavy (non-hydrogen) atoms. The highest BCUT2D eigenvalue weighted by Crippen LogP contribution is 2.30. The fraction of sp³-hybridized carbons (Fsp3) is 0.483. The molecule has 1 fully saturated rings. The molecule has 0 saturated heterocycles. The van der Waals surface area contributed by atoms with Crippen molar-refractivity contribution in [1.82, 2.24) is 14.7 Å². The number of likely N-dealkylation sites (N-methyl/N-ethyl adjacent to an activating group) is 1. The number of carbonyl (C=O) groups is 2. The molecule has 0 radical (unpaired) electrons. The Kier molecular flexibility index (Phi) is 9.23. The van der Waals surface area contributed by atoms with Crippen LogP contribution in [0.4, 0.5) is 5.69 Å². The minimum atomic E-state index is -0.363. The summed E-state index contributed by atoms with van der Waals surface area (Å²) >= 11 is 0. The number of guanidine groups is 1. The van der Waals surface area contributed by atoms with Gasteiger partial charge in [0, 0.05) is 32.1 Å². The normalized spacial score (nSPS) is 15.5. The van der Waals surface area contributed by atoms with Gasteiger partial charge in [-0.2, -0.15) is 0 Å². The summed E-state index contributed by atoms with van der Waals surface area (Å²) in [6, 6.07) is 15.6. The summed E-state index contributed by atoms with van der Waals surface area (Å²) < 4.78 is 11.5. The fourth-order valence-corrected chi connectivity index (χ4v) is 4.49. The van der Waals surface area contributed by atoms with Crippen LogP contribution in [0.3, 0.4) is 0 Å². The molecule has 9 heteroatoms. The van der Waals surface area contributed by atoms with Crippen LogP contribution in [0.25, 0.3) is 0 Å². The molecular formula is C29H39N5O4. The molecule has 4 rings (SSSR count). The van der Waals surface area contributed by atoms with Gasteiger partial charge in [-0.1, -0.05) is 30.3 Å². The van der Waals surface area contributed by atoms with E-state index >= 15 is 0 Å². The molecule has 2 aromatic rings. The molecule has 1 atom stereocenters. The van der Waals surface area contributed by atoms with Gasteiger partial charge in [-0.25, -0.2) is 4.99 Å². The van der Waals surface area contributed by atoms with Gasteiger partial charge in [0.2, 0.25) is 5.91 Å². The molecule has 1 aliphatic carbocycles. The van der Waals surface area contributed by atoms with Gasteiger partial charge in [0.1, 0.15) is 18.9 Å². The van der Waals surface area contributed by atoms with E-state index in [2.05, 4.69) is 4.99 Å². The Morgan fingerprint density at radius 1 is 1.13 bits per heavy atom. The van der Waals surface area contributed by atoms with Gasteiger partial charge < -0.3 is 25.0 Å². The first kappa shape index (κ1) is 27.4. The number of amides is 1. The third-order valence-electron chi connectivity index (χ3n) is 6.96. The van der Waals surface area contributed by atoms with E-state index in [-0.39, 0.29) is 37.0 Å². The van der Waals surface area contributed by atoms with Crippen molar-refractivity contribution >= 4 is 23.5 Å². The number of hydrogen-bond acceptors (Lipinski definition) is 8. The molecule has 2 aromatic carbocycles. The largest absolute Gasteiger partial charge is 0.494 e. The molecule has 2 N–H and O–H groups in total. The van der Waals surface area contributed by atoms with E-state index in [9.17, 15) is 9.59 Å². The average Bonchev–Trinajstić information content (AvgIpc) is 3.71. The zero-order valence-electron chi connectivity index (χ0n) is 22.6. The minimum Gasteiger partial charge on any atom is -0.494 e. The molecule has 2 aliphatic rings. The quantitative estimate of drug-likeness (QED) is 0.319. The number of ether oxygens (including phenoxy) is 2. The van der Waals surface area contributed by atoms with Gasteiger partial charge in [-0.05, 0) is 63.0 Å². The topological polar surface area (TPSA) is 101 Å². The van der Waals surface area contributed by atoms with Gasteiger partial charge in [0.05, 0.1) is 18.3 Å². The predicted octanol–water partition coefficient (Wildman–Crippen LogP) is 3.32. The second kappa shape index (κ2) is 12.8. The number of nitrogens with two attached hydrogens (primary N) is 1. The summed E-state index contributed by atoms with van der Waals surface area (Å²) in [5.41, 5.74) is 8.91. The van der Waals surface area contributed by atoms with Crippen LogP contribution in [0.1, 0.15) is 42.9 Å². The lowest BCUT2D eigenvalue weighted by molar-refractivity contribution is -0.145. The van der Waals surface area contributed by atoms with E-state index in [0.717, 1.165) is 23.4 Å². The number of rotatable bonds is 13. The number of esters is 1. The van der Waals surface area contributed by atoms with Crippen LogP contribution >= 0.6 is 0 Å². The summed E-state index contributed by atoms with van der Waals surface area (Å²) in [6.07, 6.45) is 3.60. The Morgan fingerprint density at radius 3 is 2.61 bits per heavy atom. The van der Waals surface area contributed by atoms with E-state index in [1.165, 1.54) is 12.8 Å². The number of hydrogen-bond donors (Lipinski definition) is 1. The van der Waals surface area contributed by atoms with Crippen molar-refractivity contribution in [3.63, 3.8) is 0 Å². The monoisotopic (exact) mass is 521 g/mol. The van der Waals surface area contributed by atoms with E-state index in [4.69, 9.17) is 15.2 Å². The van der Waals surface area contributed by atoms with Crippen LogP contribution in [0.15, 0.2) is 53.5 Å². The van der Waals surface area contributed by atoms with Crippen LogP contribution in [0.2, 0.25) is 0 Å². The molecule has 1 heterocycles. The third kappa shape index (κ3) is 7.71. The Bertz CT molecular complexity index is 1130. The second-order valence-corrected chi connectivity index (χ2v) is 10.4. The van der Waals surface area contributed by atoms with Gasteiger partial charge in [0.15, 0.2) is 5.96 Å². The van der Waals surface area contributed by atoms with Crippen molar-refractivity contribution < 1.29 is 19.1 Å². The van der Waals surface area contributed by atoms with Crippen LogP contribution < -0.4 is 10.5 Å². The number of aliphatic imine (C=N–C) groups is 1. The van der Waals surface area contributed by atoms with Crippen molar-refractivity contribution in [2.45, 2.75) is 38.3 Å². The minimum absolute atomic E-state index is 0.00524. The lowest BCUT2D eigenvalue weighted by Gasteiger charge is -2.28. The van der Waals surface area contributed by atoms with Crippen molar-refractivity contribution in [3.8, 4) is 5.75 Å². The van der Waals surface area contributed by atoms with Crippen molar-refractivity contribution in [3.05, 3.63) is 59.7 Å². The van der Waals surface area contributed by atoms with E-state index < -0.39 is 0 Å². The summed E-state index contributed by atoms with van der Waals surface area (Å²) in [4.78, 5) is 35.0. The van der Waals surface area contributed by atoms with E-state index in [1.54, 1.807) is 4.90 Å². The lowest BCUT2D eigenvalue weighted by Crippen LogP contribution is -2.42. The second-order valence-electron chi connectivity index (χ2n) is 10.4. The van der Waals surface area contributed by atoms with Crippen LogP contribution in [-0.4, -0.2) is 80.0 Å². The first-order valence-electron chi connectivity index (χ1n) is 13.3. The Hall–Kier alpha value is -3.59. The Morgan fingerprint density at radius 2 is 1.89 bits per heavy atom. The maximum Gasteiger partial charge on any atom is 0.325 e. The number of benzene rings is 2. The number of nitrogens with zero attached hydrogens (tertiary/aromatic N) is 4. The molecule has 1 saturated carbocycles.